The molecular weight excluding hydrogens is 242 g/mol. The molecule has 0 unspecified atom stereocenters. The summed E-state index contributed by atoms with van der Waals surface area (Å²) in [5, 5.41) is 4.21. The summed E-state index contributed by atoms with van der Waals surface area (Å²) < 4.78 is 0. The van der Waals surface area contributed by atoms with Gasteiger partial charge in [-0.1, -0.05) is 42.8 Å². The van der Waals surface area contributed by atoms with Crippen molar-refractivity contribution in [2.24, 2.45) is 0 Å². The van der Waals surface area contributed by atoms with Crippen LogP contribution in [0.5, 0.6) is 0 Å². The number of benzene rings is 2. The summed E-state index contributed by atoms with van der Waals surface area (Å²) >= 11 is 6.20. The molecule has 0 aromatic heterocycles. The molecule has 0 saturated carbocycles. The maximum absolute atomic E-state index is 6.20. The van der Waals surface area contributed by atoms with Crippen LogP contribution in [0.1, 0.15) is 23.6 Å². The molecule has 0 atom stereocenters. The maximum Gasteiger partial charge on any atom is 0.0458 e. The van der Waals surface area contributed by atoms with Crippen molar-refractivity contribution in [3.8, 4) is 0 Å². The zero-order valence-corrected chi connectivity index (χ0v) is 11.6. The molecule has 0 heterocycles. The van der Waals surface area contributed by atoms with Crippen LogP contribution in [0.4, 0.5) is 5.69 Å². The first-order chi connectivity index (χ1) is 8.69. The van der Waals surface area contributed by atoms with E-state index in [0.717, 1.165) is 29.2 Å². The summed E-state index contributed by atoms with van der Waals surface area (Å²) in [6.45, 7) is 4.96. The lowest BCUT2D eigenvalue weighted by Gasteiger charge is -2.09. The van der Waals surface area contributed by atoms with Gasteiger partial charge in [0.15, 0.2) is 0 Å². The van der Waals surface area contributed by atoms with Crippen LogP contribution >= 0.6 is 11.6 Å². The van der Waals surface area contributed by atoms with Crippen molar-refractivity contribution in [1.82, 2.24) is 0 Å². The summed E-state index contributed by atoms with van der Waals surface area (Å²) in [4.78, 5) is 0. The molecule has 0 radical (unpaired) electrons. The fourth-order valence-corrected chi connectivity index (χ4v) is 2.15. The third-order valence-electron chi connectivity index (χ3n) is 3.05. The third kappa shape index (κ3) is 3.27. The zero-order chi connectivity index (χ0) is 13.0. The predicted molar refractivity (Wildman–Crippen MR) is 79.3 cm³/mol. The highest BCUT2D eigenvalue weighted by atomic mass is 35.5. The highest BCUT2D eigenvalue weighted by Gasteiger charge is 2.00. The van der Waals surface area contributed by atoms with Crippen molar-refractivity contribution in [3.05, 3.63) is 64.2 Å². The Labute approximate surface area is 114 Å². The van der Waals surface area contributed by atoms with E-state index in [9.17, 15) is 0 Å². The van der Waals surface area contributed by atoms with E-state index < -0.39 is 0 Å². The van der Waals surface area contributed by atoms with Gasteiger partial charge in [-0.25, -0.2) is 0 Å². The van der Waals surface area contributed by atoms with E-state index in [4.69, 9.17) is 11.6 Å². The van der Waals surface area contributed by atoms with Gasteiger partial charge in [-0.2, -0.15) is 0 Å². The van der Waals surface area contributed by atoms with Crippen LogP contribution in [0, 0.1) is 6.92 Å². The molecule has 0 fully saturated rings. The van der Waals surface area contributed by atoms with Crippen molar-refractivity contribution in [1.29, 1.82) is 0 Å². The van der Waals surface area contributed by atoms with Crippen molar-refractivity contribution in [2.45, 2.75) is 26.8 Å². The van der Waals surface area contributed by atoms with E-state index in [0.29, 0.717) is 0 Å². The first-order valence-electron chi connectivity index (χ1n) is 6.27. The van der Waals surface area contributed by atoms with Crippen LogP contribution in [0.15, 0.2) is 42.5 Å². The number of hydrogen-bond donors (Lipinski definition) is 1. The lowest BCUT2D eigenvalue weighted by Crippen LogP contribution is -2.00. The van der Waals surface area contributed by atoms with Gasteiger partial charge in [0.1, 0.15) is 0 Å². The molecule has 1 nitrogen and oxygen atoms in total. The summed E-state index contributed by atoms with van der Waals surface area (Å²) in [5.74, 6) is 0. The predicted octanol–water partition coefficient (Wildman–Crippen LogP) is 4.82. The number of rotatable bonds is 4. The van der Waals surface area contributed by atoms with Crippen LogP contribution in [-0.2, 0) is 13.0 Å². The number of hydrogen-bond acceptors (Lipinski definition) is 1. The highest BCUT2D eigenvalue weighted by Crippen LogP contribution is 2.19. The monoisotopic (exact) mass is 259 g/mol. The summed E-state index contributed by atoms with van der Waals surface area (Å²) in [5.41, 5.74) is 4.80. The molecule has 0 saturated heterocycles. The van der Waals surface area contributed by atoms with Gasteiger partial charge in [-0.15, -0.1) is 0 Å². The number of halogens is 1. The van der Waals surface area contributed by atoms with E-state index in [1.807, 2.05) is 13.0 Å². The topological polar surface area (TPSA) is 12.0 Å². The molecule has 0 aliphatic heterocycles. The van der Waals surface area contributed by atoms with Crippen molar-refractivity contribution >= 4 is 17.3 Å². The molecule has 0 spiro atoms. The van der Waals surface area contributed by atoms with Crippen molar-refractivity contribution in [3.63, 3.8) is 0 Å². The van der Waals surface area contributed by atoms with E-state index in [2.05, 4.69) is 48.6 Å². The minimum Gasteiger partial charge on any atom is -0.381 e. The smallest absolute Gasteiger partial charge is 0.0458 e. The molecule has 0 aliphatic rings. The molecule has 0 amide bonds. The maximum atomic E-state index is 6.20. The Morgan fingerprint density at radius 3 is 2.39 bits per heavy atom. The molecule has 2 heteroatoms. The number of aryl methyl sites for hydroxylation is 2. The lowest BCUT2D eigenvalue weighted by atomic mass is 10.1. The Balaban J connectivity index is 2.02. The zero-order valence-electron chi connectivity index (χ0n) is 10.8. The van der Waals surface area contributed by atoms with Gasteiger partial charge in [0.2, 0.25) is 0 Å². The van der Waals surface area contributed by atoms with E-state index in [1.165, 1.54) is 11.1 Å². The first-order valence-corrected chi connectivity index (χ1v) is 6.64. The highest BCUT2D eigenvalue weighted by molar-refractivity contribution is 6.31. The molecule has 2 rings (SSSR count). The largest absolute Gasteiger partial charge is 0.381 e. The Morgan fingerprint density at radius 2 is 1.78 bits per heavy atom. The second kappa shape index (κ2) is 5.92. The Kier molecular flexibility index (Phi) is 4.27. The SMILES string of the molecule is CCc1ccc(NCc2ccc(C)cc2Cl)cc1. The third-order valence-corrected chi connectivity index (χ3v) is 3.41. The molecule has 0 bridgehead atoms. The minimum atomic E-state index is 0.755. The van der Waals surface area contributed by atoms with Gasteiger partial charge in [0.05, 0.1) is 0 Å². The molecule has 2 aromatic carbocycles. The van der Waals surface area contributed by atoms with E-state index in [1.54, 1.807) is 0 Å². The Morgan fingerprint density at radius 1 is 1.06 bits per heavy atom. The molecular formula is C16H18ClN. The lowest BCUT2D eigenvalue weighted by molar-refractivity contribution is 1.12. The second-order valence-corrected chi connectivity index (χ2v) is 4.91. The van der Waals surface area contributed by atoms with Gasteiger partial charge >= 0.3 is 0 Å². The van der Waals surface area contributed by atoms with Crippen LogP contribution in [0.25, 0.3) is 0 Å². The molecule has 2 aromatic rings. The number of nitrogens with one attached hydrogen (secondary N) is 1. The van der Waals surface area contributed by atoms with Crippen LogP contribution < -0.4 is 5.32 Å². The van der Waals surface area contributed by atoms with E-state index >= 15 is 0 Å². The molecule has 94 valence electrons. The molecule has 1 N–H and O–H groups in total. The molecule has 0 aliphatic carbocycles. The standard InChI is InChI=1S/C16H18ClN/c1-3-13-5-8-15(9-6-13)18-11-14-7-4-12(2)10-16(14)17/h4-10,18H,3,11H2,1-2H3. The normalized spacial score (nSPS) is 10.4. The summed E-state index contributed by atoms with van der Waals surface area (Å²) in [7, 11) is 0. The van der Waals surface area contributed by atoms with Crippen molar-refractivity contribution in [2.75, 3.05) is 5.32 Å². The van der Waals surface area contributed by atoms with Crippen LogP contribution in [-0.4, -0.2) is 0 Å². The average molecular weight is 260 g/mol. The average Bonchev–Trinajstić information content (AvgIpc) is 2.38. The summed E-state index contributed by atoms with van der Waals surface area (Å²) in [6, 6.07) is 14.7. The van der Waals surface area contributed by atoms with Crippen molar-refractivity contribution < 1.29 is 0 Å². The van der Waals surface area contributed by atoms with Gasteiger partial charge in [-0.3, -0.25) is 0 Å². The Bertz CT molecular complexity index is 517. The second-order valence-electron chi connectivity index (χ2n) is 4.50. The number of anilines is 1. The fraction of sp³-hybridized carbons (Fsp3) is 0.250. The van der Waals surface area contributed by atoms with Gasteiger partial charge < -0.3 is 5.32 Å². The van der Waals surface area contributed by atoms with Crippen LogP contribution in [0.2, 0.25) is 5.02 Å². The van der Waals surface area contributed by atoms with Crippen LogP contribution in [0.3, 0.4) is 0 Å². The van der Waals surface area contributed by atoms with E-state index in [-0.39, 0.29) is 0 Å². The van der Waals surface area contributed by atoms with Gasteiger partial charge in [0.25, 0.3) is 0 Å². The quantitative estimate of drug-likeness (QED) is 0.830. The first kappa shape index (κ1) is 13.0. The van der Waals surface area contributed by atoms with Gasteiger partial charge in [-0.05, 0) is 48.2 Å². The fourth-order valence-electron chi connectivity index (χ4n) is 1.85. The minimum absolute atomic E-state index is 0.755. The Hall–Kier alpha value is -1.47. The molecule has 18 heavy (non-hydrogen) atoms. The van der Waals surface area contributed by atoms with Gasteiger partial charge in [0, 0.05) is 17.3 Å². The summed E-state index contributed by atoms with van der Waals surface area (Å²) in [6.07, 6.45) is 1.07.